The number of anilines is 2. The first-order chi connectivity index (χ1) is 15.5. The first kappa shape index (κ1) is 22.1. The lowest BCUT2D eigenvalue weighted by Crippen LogP contribution is -2.30. The lowest BCUT2D eigenvalue weighted by Gasteiger charge is -2.17. The van der Waals surface area contributed by atoms with Crippen LogP contribution in [0.25, 0.3) is 0 Å². The summed E-state index contributed by atoms with van der Waals surface area (Å²) in [6, 6.07) is 13.9. The highest BCUT2D eigenvalue weighted by Crippen LogP contribution is 2.29. The Kier molecular flexibility index (Phi) is 6.60. The van der Waals surface area contributed by atoms with E-state index >= 15 is 0 Å². The van der Waals surface area contributed by atoms with Gasteiger partial charge in [-0.15, -0.1) is 10.2 Å². The molecule has 1 aromatic heterocycles. The maximum absolute atomic E-state index is 12.8. The summed E-state index contributed by atoms with van der Waals surface area (Å²) >= 11 is 1.36. The Morgan fingerprint density at radius 1 is 1.09 bits per heavy atom. The number of amides is 2. The van der Waals surface area contributed by atoms with Crippen molar-refractivity contribution in [2.45, 2.75) is 45.3 Å². The molecule has 166 valence electrons. The fourth-order valence-corrected chi connectivity index (χ4v) is 4.74. The molecule has 2 heterocycles. The second-order valence-corrected chi connectivity index (χ2v) is 8.82. The molecule has 3 aromatic rings. The van der Waals surface area contributed by atoms with Gasteiger partial charge in [0, 0.05) is 24.5 Å². The van der Waals surface area contributed by atoms with Gasteiger partial charge in [-0.3, -0.25) is 9.59 Å². The van der Waals surface area contributed by atoms with Crippen LogP contribution in [0.1, 0.15) is 29.4 Å². The highest BCUT2D eigenvalue weighted by Gasteiger charge is 2.25. The number of carbonyl (C=O) groups is 2. The fourth-order valence-electron chi connectivity index (χ4n) is 3.84. The van der Waals surface area contributed by atoms with Gasteiger partial charge in [0.1, 0.15) is 5.82 Å². The summed E-state index contributed by atoms with van der Waals surface area (Å²) in [6.07, 6.45) is 1.01. The molecule has 0 unspecified atom stereocenters. The number of aromatic nitrogens is 3. The van der Waals surface area contributed by atoms with Crippen LogP contribution >= 0.6 is 11.8 Å². The van der Waals surface area contributed by atoms with Crippen molar-refractivity contribution in [1.82, 2.24) is 14.8 Å². The maximum Gasteiger partial charge on any atom is 0.237 e. The smallest absolute Gasteiger partial charge is 0.237 e. The van der Waals surface area contributed by atoms with Crippen LogP contribution in [-0.2, 0) is 29.0 Å². The number of thioether (sulfide) groups is 1. The summed E-state index contributed by atoms with van der Waals surface area (Å²) in [6.45, 7) is 7.38. The maximum atomic E-state index is 12.8. The topological polar surface area (TPSA) is 80.1 Å². The predicted molar refractivity (Wildman–Crippen MR) is 127 cm³/mol. The summed E-state index contributed by atoms with van der Waals surface area (Å²) in [5, 5.41) is 12.0. The van der Waals surface area contributed by atoms with Crippen LogP contribution in [0.4, 0.5) is 11.4 Å². The van der Waals surface area contributed by atoms with E-state index in [0.717, 1.165) is 23.4 Å². The van der Waals surface area contributed by atoms with Crippen molar-refractivity contribution < 1.29 is 9.59 Å². The molecule has 0 bridgehead atoms. The number of fused-ring (bicyclic) bond motifs is 1. The molecule has 1 aliphatic rings. The van der Waals surface area contributed by atoms with Crippen molar-refractivity contribution in [3.8, 4) is 0 Å². The van der Waals surface area contributed by atoms with Crippen LogP contribution in [0.2, 0.25) is 0 Å². The van der Waals surface area contributed by atoms with E-state index in [-0.39, 0.29) is 24.0 Å². The highest BCUT2D eigenvalue weighted by molar-refractivity contribution is 7.99. The van der Waals surface area contributed by atoms with Crippen LogP contribution in [0.5, 0.6) is 0 Å². The molecule has 0 spiro atoms. The van der Waals surface area contributed by atoms with Gasteiger partial charge >= 0.3 is 0 Å². The predicted octanol–water partition coefficient (Wildman–Crippen LogP) is 3.78. The SMILES string of the molecule is CCn1c(CC(=O)Nc2ccc(C)c(C)c2)nnc1SCC(=O)N1CCc2ccccc21. The van der Waals surface area contributed by atoms with Crippen LogP contribution in [0.3, 0.4) is 0 Å². The molecule has 0 aliphatic carbocycles. The number of hydrogen-bond acceptors (Lipinski definition) is 5. The number of para-hydroxylation sites is 1. The Labute approximate surface area is 192 Å². The number of aryl methyl sites for hydroxylation is 2. The lowest BCUT2D eigenvalue weighted by atomic mass is 10.1. The van der Waals surface area contributed by atoms with E-state index in [1.165, 1.54) is 22.9 Å². The van der Waals surface area contributed by atoms with Gasteiger partial charge in [-0.1, -0.05) is 36.0 Å². The van der Waals surface area contributed by atoms with Crippen molar-refractivity contribution in [3.63, 3.8) is 0 Å². The summed E-state index contributed by atoms with van der Waals surface area (Å²) in [7, 11) is 0. The Balaban J connectivity index is 1.38. The normalized spacial score (nSPS) is 12.7. The minimum atomic E-state index is -0.142. The fraction of sp³-hybridized carbons (Fsp3) is 0.333. The molecule has 7 nitrogen and oxygen atoms in total. The molecule has 8 heteroatoms. The Hall–Kier alpha value is -3.13. The molecule has 0 atom stereocenters. The minimum absolute atomic E-state index is 0.0552. The van der Waals surface area contributed by atoms with E-state index in [0.29, 0.717) is 24.1 Å². The Morgan fingerprint density at radius 2 is 1.91 bits per heavy atom. The minimum Gasteiger partial charge on any atom is -0.326 e. The molecule has 0 saturated heterocycles. The first-order valence-electron chi connectivity index (χ1n) is 10.8. The van der Waals surface area contributed by atoms with Gasteiger partial charge in [-0.05, 0) is 62.1 Å². The van der Waals surface area contributed by atoms with Crippen LogP contribution in [0, 0.1) is 13.8 Å². The zero-order valence-electron chi connectivity index (χ0n) is 18.6. The van der Waals surface area contributed by atoms with Crippen molar-refractivity contribution in [3.05, 3.63) is 65.0 Å². The zero-order chi connectivity index (χ0) is 22.7. The molecule has 0 saturated carbocycles. The zero-order valence-corrected chi connectivity index (χ0v) is 19.4. The van der Waals surface area contributed by atoms with E-state index in [2.05, 4.69) is 21.6 Å². The van der Waals surface area contributed by atoms with E-state index in [1.807, 2.05) is 66.6 Å². The number of hydrogen-bond donors (Lipinski definition) is 1. The van der Waals surface area contributed by atoms with E-state index in [9.17, 15) is 9.59 Å². The van der Waals surface area contributed by atoms with Crippen molar-refractivity contribution in [1.29, 1.82) is 0 Å². The number of carbonyl (C=O) groups excluding carboxylic acids is 2. The van der Waals surface area contributed by atoms with Gasteiger partial charge < -0.3 is 14.8 Å². The van der Waals surface area contributed by atoms with Crippen LogP contribution in [-0.4, -0.2) is 38.9 Å². The highest BCUT2D eigenvalue weighted by atomic mass is 32.2. The molecular weight excluding hydrogens is 422 g/mol. The summed E-state index contributed by atoms with van der Waals surface area (Å²) in [4.78, 5) is 27.2. The molecule has 0 radical (unpaired) electrons. The van der Waals surface area contributed by atoms with Gasteiger partial charge in [-0.25, -0.2) is 0 Å². The van der Waals surface area contributed by atoms with Crippen LogP contribution < -0.4 is 10.2 Å². The third kappa shape index (κ3) is 4.70. The Morgan fingerprint density at radius 3 is 2.69 bits per heavy atom. The Bertz CT molecular complexity index is 1160. The largest absolute Gasteiger partial charge is 0.326 e. The average molecular weight is 450 g/mol. The van der Waals surface area contributed by atoms with E-state index in [1.54, 1.807) is 0 Å². The monoisotopic (exact) mass is 449 g/mol. The third-order valence-corrected chi connectivity index (χ3v) is 6.68. The summed E-state index contributed by atoms with van der Waals surface area (Å²) in [5.41, 5.74) is 5.29. The van der Waals surface area contributed by atoms with Crippen molar-refractivity contribution in [2.24, 2.45) is 0 Å². The van der Waals surface area contributed by atoms with Gasteiger partial charge in [0.2, 0.25) is 11.8 Å². The molecule has 32 heavy (non-hydrogen) atoms. The van der Waals surface area contributed by atoms with Gasteiger partial charge in [0.05, 0.1) is 12.2 Å². The first-order valence-corrected chi connectivity index (χ1v) is 11.7. The average Bonchev–Trinajstić information content (AvgIpc) is 3.38. The number of nitrogens with zero attached hydrogens (tertiary/aromatic N) is 4. The standard InChI is InChI=1S/C24H27N5O2S/c1-4-28-21(14-22(30)25-19-10-9-16(2)17(3)13-19)26-27-24(28)32-15-23(31)29-12-11-18-7-5-6-8-20(18)29/h5-10,13H,4,11-12,14-15H2,1-3H3,(H,25,30). The van der Waals surface area contributed by atoms with Gasteiger partial charge in [-0.2, -0.15) is 0 Å². The molecule has 1 N–H and O–H groups in total. The third-order valence-electron chi connectivity index (χ3n) is 5.73. The molecular formula is C24H27N5O2S. The van der Waals surface area contributed by atoms with Crippen LogP contribution in [0.15, 0.2) is 47.6 Å². The number of rotatable bonds is 7. The molecule has 4 rings (SSSR count). The van der Waals surface area contributed by atoms with E-state index in [4.69, 9.17) is 0 Å². The summed E-state index contributed by atoms with van der Waals surface area (Å²) in [5.74, 6) is 0.785. The molecule has 2 amide bonds. The van der Waals surface area contributed by atoms with Crippen molar-refractivity contribution in [2.75, 3.05) is 22.5 Å². The number of nitrogens with one attached hydrogen (secondary N) is 1. The van der Waals surface area contributed by atoms with Crippen molar-refractivity contribution >= 4 is 35.0 Å². The molecule has 2 aromatic carbocycles. The summed E-state index contributed by atoms with van der Waals surface area (Å²) < 4.78 is 1.90. The van der Waals surface area contributed by atoms with Gasteiger partial charge in [0.15, 0.2) is 5.16 Å². The second-order valence-electron chi connectivity index (χ2n) is 7.88. The van der Waals surface area contributed by atoms with Gasteiger partial charge in [0.25, 0.3) is 0 Å². The molecule has 0 fully saturated rings. The lowest BCUT2D eigenvalue weighted by molar-refractivity contribution is -0.116. The second kappa shape index (κ2) is 9.56. The number of benzene rings is 2. The van der Waals surface area contributed by atoms with E-state index < -0.39 is 0 Å². The quantitative estimate of drug-likeness (QED) is 0.556. The molecule has 1 aliphatic heterocycles.